The molecular formula is C56H49N5. The standard InChI is InChI=1S/C18H12N2.C18H13N.C16H12N2.2C2H6/c1-3-7-15-11(5-1)13-9-18-14(10-17(13)19-15)12-6-2-4-8-16(12)20-18;1-2-8-14(9-3-1)19-17-12-6-4-10-15(17)16-11-5-7-13-18(16)19;1-18-10-17-15-13-8-4-2-6-11(13)12-7-3-5-9-14(12)16(15)18;2*1-2/h1-10,19-20H;1-13H;2-10H,1H3;2*1-2H3. The van der Waals surface area contributed by atoms with Crippen molar-refractivity contribution in [2.24, 2.45) is 7.05 Å². The van der Waals surface area contributed by atoms with Crippen LogP contribution in [0.5, 0.6) is 0 Å². The number of nitrogens with one attached hydrogen (secondary N) is 2. The largest absolute Gasteiger partial charge is 0.354 e. The zero-order valence-corrected chi connectivity index (χ0v) is 35.3. The van der Waals surface area contributed by atoms with Crippen LogP contribution in [0.25, 0.3) is 104 Å². The van der Waals surface area contributed by atoms with E-state index in [-0.39, 0.29) is 0 Å². The Hall–Kier alpha value is -7.63. The van der Waals surface area contributed by atoms with Gasteiger partial charge in [-0.1, -0.05) is 167 Å². The van der Waals surface area contributed by atoms with E-state index in [1.54, 1.807) is 0 Å². The first-order chi connectivity index (χ1) is 30.2. The SMILES string of the molecule is CC.CC.Cn1cnc2c3ccccc3c3ccccc3c21.c1ccc(-n2c3ccccc3c3ccccc32)cc1.c1ccc2c(c1)[nH]c1cc3c(cc12)[nH]c1ccccc13. The Morgan fingerprint density at radius 2 is 0.754 bits per heavy atom. The fourth-order valence-corrected chi connectivity index (χ4v) is 8.77. The second-order valence-corrected chi connectivity index (χ2v) is 14.6. The summed E-state index contributed by atoms with van der Waals surface area (Å²) in [6, 6.07) is 66.1. The third-order valence-corrected chi connectivity index (χ3v) is 11.3. The summed E-state index contributed by atoms with van der Waals surface area (Å²) in [6.07, 6.45) is 1.89. The molecule has 0 bridgehead atoms. The molecule has 5 nitrogen and oxygen atoms in total. The van der Waals surface area contributed by atoms with E-state index in [9.17, 15) is 0 Å². The summed E-state index contributed by atoms with van der Waals surface area (Å²) in [5, 5.41) is 12.8. The average Bonchev–Trinajstić information content (AvgIpc) is 4.10. The van der Waals surface area contributed by atoms with Gasteiger partial charge in [0.05, 0.1) is 28.4 Å². The predicted octanol–water partition coefficient (Wildman–Crippen LogP) is 15.7. The van der Waals surface area contributed by atoms with Crippen LogP contribution >= 0.6 is 0 Å². The maximum Gasteiger partial charge on any atom is 0.0969 e. The number of imidazole rings is 1. The summed E-state index contributed by atoms with van der Waals surface area (Å²) < 4.78 is 4.43. The van der Waals surface area contributed by atoms with E-state index in [4.69, 9.17) is 0 Å². The van der Waals surface area contributed by atoms with Gasteiger partial charge >= 0.3 is 0 Å². The number of nitrogens with zero attached hydrogens (tertiary/aromatic N) is 3. The smallest absolute Gasteiger partial charge is 0.0969 e. The van der Waals surface area contributed by atoms with Gasteiger partial charge in [0.25, 0.3) is 0 Å². The number of hydrogen-bond donors (Lipinski definition) is 2. The number of aryl methyl sites for hydroxylation is 1. The van der Waals surface area contributed by atoms with Crippen LogP contribution in [0.2, 0.25) is 0 Å². The van der Waals surface area contributed by atoms with Gasteiger partial charge in [0, 0.05) is 77.9 Å². The summed E-state index contributed by atoms with van der Waals surface area (Å²) in [6.45, 7) is 8.00. The van der Waals surface area contributed by atoms with Crippen LogP contribution in [0.4, 0.5) is 0 Å². The molecule has 5 heteroatoms. The Balaban J connectivity index is 0.000000113. The minimum absolute atomic E-state index is 1.09. The molecule has 4 heterocycles. The molecule has 0 unspecified atom stereocenters. The van der Waals surface area contributed by atoms with Crippen LogP contribution in [0.15, 0.2) is 194 Å². The van der Waals surface area contributed by atoms with E-state index in [1.807, 2.05) is 34.0 Å². The molecule has 0 saturated heterocycles. The summed E-state index contributed by atoms with van der Waals surface area (Å²) in [5.41, 5.74) is 10.8. The molecule has 0 aliphatic rings. The number of benzene rings is 9. The van der Waals surface area contributed by atoms with Gasteiger partial charge in [-0.15, -0.1) is 0 Å². The molecule has 298 valence electrons. The quantitative estimate of drug-likeness (QED) is 0.160. The number of aromatic nitrogens is 5. The first-order valence-corrected chi connectivity index (χ1v) is 21.4. The maximum absolute atomic E-state index is 4.56. The van der Waals surface area contributed by atoms with Crippen molar-refractivity contribution in [3.63, 3.8) is 0 Å². The van der Waals surface area contributed by atoms with Crippen molar-refractivity contribution in [2.75, 3.05) is 0 Å². The molecule has 13 rings (SSSR count). The maximum atomic E-state index is 4.56. The first kappa shape index (κ1) is 38.9. The van der Waals surface area contributed by atoms with E-state index in [0.29, 0.717) is 0 Å². The van der Waals surface area contributed by atoms with Crippen LogP contribution < -0.4 is 0 Å². The molecule has 4 aromatic heterocycles. The lowest BCUT2D eigenvalue weighted by Gasteiger charge is -2.07. The van der Waals surface area contributed by atoms with Crippen molar-refractivity contribution < 1.29 is 0 Å². The van der Waals surface area contributed by atoms with Crippen LogP contribution in [-0.4, -0.2) is 24.1 Å². The summed E-state index contributed by atoms with van der Waals surface area (Å²) in [7, 11) is 2.05. The highest BCUT2D eigenvalue weighted by molar-refractivity contribution is 6.23. The minimum Gasteiger partial charge on any atom is -0.354 e. The molecule has 0 atom stereocenters. The highest BCUT2D eigenvalue weighted by Gasteiger charge is 2.13. The molecule has 2 N–H and O–H groups in total. The molecule has 61 heavy (non-hydrogen) atoms. The fourth-order valence-electron chi connectivity index (χ4n) is 8.77. The average molecular weight is 792 g/mol. The van der Waals surface area contributed by atoms with Crippen molar-refractivity contribution >= 4 is 98.0 Å². The third kappa shape index (κ3) is 6.84. The number of hydrogen-bond acceptors (Lipinski definition) is 1. The molecule has 13 aromatic rings. The number of H-pyrrole nitrogens is 2. The Morgan fingerprint density at radius 3 is 1.28 bits per heavy atom. The van der Waals surface area contributed by atoms with Crippen molar-refractivity contribution in [1.29, 1.82) is 0 Å². The molecule has 9 aromatic carbocycles. The van der Waals surface area contributed by atoms with Gasteiger partial charge in [-0.2, -0.15) is 0 Å². The molecule has 0 spiro atoms. The van der Waals surface area contributed by atoms with Crippen LogP contribution in [-0.2, 0) is 7.05 Å². The van der Waals surface area contributed by atoms with Crippen molar-refractivity contribution in [3.8, 4) is 5.69 Å². The number of fused-ring (bicyclic) bond motifs is 15. The molecule has 0 amide bonds. The molecule has 0 radical (unpaired) electrons. The molecule has 0 aliphatic carbocycles. The highest BCUT2D eigenvalue weighted by atomic mass is 15.0. The van der Waals surface area contributed by atoms with Crippen molar-refractivity contribution in [3.05, 3.63) is 194 Å². The minimum atomic E-state index is 1.09. The van der Waals surface area contributed by atoms with Crippen molar-refractivity contribution in [1.82, 2.24) is 24.1 Å². The third-order valence-electron chi connectivity index (χ3n) is 11.3. The van der Waals surface area contributed by atoms with Gasteiger partial charge in [0.1, 0.15) is 0 Å². The Kier molecular flexibility index (Phi) is 10.8. The fraction of sp³-hybridized carbons (Fsp3) is 0.0893. The molecule has 0 saturated carbocycles. The van der Waals surface area contributed by atoms with E-state index in [0.717, 1.165) is 5.52 Å². The van der Waals surface area contributed by atoms with Gasteiger partial charge in [-0.05, 0) is 59.3 Å². The van der Waals surface area contributed by atoms with Gasteiger partial charge < -0.3 is 19.1 Å². The zero-order valence-electron chi connectivity index (χ0n) is 35.3. The summed E-state index contributed by atoms with van der Waals surface area (Å²) >= 11 is 0. The monoisotopic (exact) mass is 791 g/mol. The van der Waals surface area contributed by atoms with E-state index >= 15 is 0 Å². The Morgan fingerprint density at radius 1 is 0.361 bits per heavy atom. The number of rotatable bonds is 1. The van der Waals surface area contributed by atoms with Gasteiger partial charge in [-0.25, -0.2) is 4.98 Å². The highest BCUT2D eigenvalue weighted by Crippen LogP contribution is 2.35. The lowest BCUT2D eigenvalue weighted by Crippen LogP contribution is -1.92. The molecule has 0 fully saturated rings. The van der Waals surface area contributed by atoms with E-state index in [1.165, 1.54) is 98.2 Å². The van der Waals surface area contributed by atoms with E-state index < -0.39 is 0 Å². The summed E-state index contributed by atoms with van der Waals surface area (Å²) in [4.78, 5) is 11.6. The normalized spacial score (nSPS) is 11.0. The topological polar surface area (TPSA) is 54.3 Å². The Labute approximate surface area is 355 Å². The Bertz CT molecular complexity index is 3460. The lowest BCUT2D eigenvalue weighted by molar-refractivity contribution is 0.951. The van der Waals surface area contributed by atoms with Crippen LogP contribution in [0, 0.1) is 0 Å². The number of aromatic amines is 2. The second-order valence-electron chi connectivity index (χ2n) is 14.6. The molecule has 0 aliphatic heterocycles. The van der Waals surface area contributed by atoms with Crippen molar-refractivity contribution in [2.45, 2.75) is 27.7 Å². The molecular weight excluding hydrogens is 743 g/mol. The van der Waals surface area contributed by atoms with Gasteiger partial charge in [0.15, 0.2) is 0 Å². The first-order valence-electron chi connectivity index (χ1n) is 21.4. The predicted molar refractivity (Wildman–Crippen MR) is 264 cm³/mol. The van der Waals surface area contributed by atoms with Crippen LogP contribution in [0.1, 0.15) is 27.7 Å². The lowest BCUT2D eigenvalue weighted by atomic mass is 10.00. The summed E-state index contributed by atoms with van der Waals surface area (Å²) in [5.74, 6) is 0. The van der Waals surface area contributed by atoms with Gasteiger partial charge in [0.2, 0.25) is 0 Å². The second kappa shape index (κ2) is 16.9. The van der Waals surface area contributed by atoms with E-state index in [2.05, 4.69) is 219 Å². The van der Waals surface area contributed by atoms with Crippen LogP contribution in [0.3, 0.4) is 0 Å². The van der Waals surface area contributed by atoms with Gasteiger partial charge in [-0.3, -0.25) is 0 Å². The zero-order chi connectivity index (χ0) is 41.9. The number of para-hydroxylation sites is 5.